The Labute approximate surface area is 87.4 Å². The number of hydrogen-bond acceptors (Lipinski definition) is 2. The smallest absolute Gasteiger partial charge is 0.410 e. The normalized spacial score (nSPS) is 13.6. The van der Waals surface area contributed by atoms with Gasteiger partial charge in [-0.25, -0.2) is 4.79 Å². The van der Waals surface area contributed by atoms with E-state index in [4.69, 9.17) is 4.74 Å². The van der Waals surface area contributed by atoms with E-state index in [0.29, 0.717) is 5.92 Å². The van der Waals surface area contributed by atoms with Gasteiger partial charge in [0.25, 0.3) is 0 Å². The van der Waals surface area contributed by atoms with Crippen molar-refractivity contribution in [1.82, 2.24) is 4.90 Å². The molecular formula is C11H23NO2. The van der Waals surface area contributed by atoms with E-state index >= 15 is 0 Å². The monoisotopic (exact) mass is 201 g/mol. The van der Waals surface area contributed by atoms with Crippen molar-refractivity contribution in [2.75, 3.05) is 13.6 Å². The van der Waals surface area contributed by atoms with Gasteiger partial charge < -0.3 is 9.64 Å². The molecule has 3 heteroatoms. The molecule has 0 aliphatic rings. The number of carbonyl (C=O) groups is 1. The van der Waals surface area contributed by atoms with Crippen LogP contribution in [-0.2, 0) is 4.74 Å². The lowest BCUT2D eigenvalue weighted by Gasteiger charge is -2.26. The van der Waals surface area contributed by atoms with Gasteiger partial charge in [0.15, 0.2) is 0 Å². The zero-order chi connectivity index (χ0) is 11.4. The van der Waals surface area contributed by atoms with E-state index in [0.717, 1.165) is 13.0 Å². The van der Waals surface area contributed by atoms with Gasteiger partial charge in [-0.1, -0.05) is 20.3 Å². The summed E-state index contributed by atoms with van der Waals surface area (Å²) in [5, 5.41) is 0. The maximum atomic E-state index is 11.5. The second-order valence-electron chi connectivity index (χ2n) is 4.87. The predicted octanol–water partition coefficient (Wildman–Crippen LogP) is 2.90. The maximum absolute atomic E-state index is 11.5. The summed E-state index contributed by atoms with van der Waals surface area (Å²) >= 11 is 0. The zero-order valence-electron chi connectivity index (χ0n) is 10.3. The Bertz CT molecular complexity index is 184. The van der Waals surface area contributed by atoms with Crippen molar-refractivity contribution in [3.05, 3.63) is 0 Å². The second kappa shape index (κ2) is 5.23. The van der Waals surface area contributed by atoms with Crippen LogP contribution < -0.4 is 0 Å². The third-order valence-corrected chi connectivity index (χ3v) is 1.99. The van der Waals surface area contributed by atoms with Crippen LogP contribution in [0.25, 0.3) is 0 Å². The lowest BCUT2D eigenvalue weighted by Crippen LogP contribution is -2.36. The van der Waals surface area contributed by atoms with Gasteiger partial charge in [-0.2, -0.15) is 0 Å². The molecule has 0 rings (SSSR count). The van der Waals surface area contributed by atoms with E-state index in [2.05, 4.69) is 13.8 Å². The van der Waals surface area contributed by atoms with Crippen molar-refractivity contribution in [3.63, 3.8) is 0 Å². The average Bonchev–Trinajstić information content (AvgIpc) is 2.00. The van der Waals surface area contributed by atoms with E-state index < -0.39 is 5.60 Å². The van der Waals surface area contributed by atoms with Crippen LogP contribution in [0.15, 0.2) is 0 Å². The molecular weight excluding hydrogens is 178 g/mol. The molecule has 14 heavy (non-hydrogen) atoms. The Balaban J connectivity index is 4.00. The Hall–Kier alpha value is -0.730. The number of ether oxygens (including phenoxy) is 1. The molecule has 1 amide bonds. The van der Waals surface area contributed by atoms with Crippen molar-refractivity contribution in [2.24, 2.45) is 5.92 Å². The Kier molecular flexibility index (Phi) is 4.95. The van der Waals surface area contributed by atoms with Gasteiger partial charge in [0.1, 0.15) is 5.60 Å². The molecule has 0 bridgehead atoms. The summed E-state index contributed by atoms with van der Waals surface area (Å²) in [6.45, 7) is 10.6. The third kappa shape index (κ3) is 5.84. The molecule has 84 valence electrons. The molecule has 0 spiro atoms. The van der Waals surface area contributed by atoms with Crippen LogP contribution in [0.3, 0.4) is 0 Å². The zero-order valence-corrected chi connectivity index (χ0v) is 10.3. The fourth-order valence-electron chi connectivity index (χ4n) is 1.01. The first-order chi connectivity index (χ1) is 6.26. The lowest BCUT2D eigenvalue weighted by molar-refractivity contribution is 0.0276. The van der Waals surface area contributed by atoms with Crippen LogP contribution in [-0.4, -0.2) is 30.2 Å². The van der Waals surface area contributed by atoms with E-state index in [9.17, 15) is 4.79 Å². The molecule has 0 aromatic heterocycles. The minimum Gasteiger partial charge on any atom is -0.444 e. The van der Waals surface area contributed by atoms with Crippen molar-refractivity contribution < 1.29 is 9.53 Å². The van der Waals surface area contributed by atoms with Crippen LogP contribution in [0, 0.1) is 5.92 Å². The predicted molar refractivity (Wildman–Crippen MR) is 58.3 cm³/mol. The molecule has 1 atom stereocenters. The third-order valence-electron chi connectivity index (χ3n) is 1.99. The van der Waals surface area contributed by atoms with Gasteiger partial charge in [0.2, 0.25) is 0 Å². The Morgan fingerprint density at radius 3 is 2.29 bits per heavy atom. The molecule has 0 aliphatic heterocycles. The van der Waals surface area contributed by atoms with Crippen molar-refractivity contribution >= 4 is 6.09 Å². The van der Waals surface area contributed by atoms with Crippen molar-refractivity contribution in [3.8, 4) is 0 Å². The number of nitrogens with zero attached hydrogens (tertiary/aromatic N) is 1. The highest BCUT2D eigenvalue weighted by atomic mass is 16.6. The Morgan fingerprint density at radius 2 is 1.93 bits per heavy atom. The SMILES string of the molecule is CC[C@H](C)CN(C)C(=O)OC(C)(C)C. The van der Waals surface area contributed by atoms with Crippen LogP contribution in [0.2, 0.25) is 0 Å². The van der Waals surface area contributed by atoms with E-state index in [1.54, 1.807) is 11.9 Å². The van der Waals surface area contributed by atoms with Gasteiger partial charge in [-0.3, -0.25) is 0 Å². The summed E-state index contributed by atoms with van der Waals surface area (Å²) < 4.78 is 5.23. The molecule has 0 aromatic carbocycles. The molecule has 0 N–H and O–H groups in total. The van der Waals surface area contributed by atoms with Gasteiger partial charge in [0, 0.05) is 13.6 Å². The first kappa shape index (κ1) is 13.3. The summed E-state index contributed by atoms with van der Waals surface area (Å²) in [5.41, 5.74) is -0.402. The van der Waals surface area contributed by atoms with E-state index in [1.165, 1.54) is 0 Å². The van der Waals surface area contributed by atoms with Gasteiger partial charge >= 0.3 is 6.09 Å². The van der Waals surface area contributed by atoms with Crippen LogP contribution in [0.5, 0.6) is 0 Å². The fraction of sp³-hybridized carbons (Fsp3) is 0.909. The molecule has 0 unspecified atom stereocenters. The number of rotatable bonds is 3. The highest BCUT2D eigenvalue weighted by Crippen LogP contribution is 2.10. The summed E-state index contributed by atoms with van der Waals surface area (Å²) in [6.07, 6.45) is 0.838. The van der Waals surface area contributed by atoms with E-state index in [-0.39, 0.29) is 6.09 Å². The summed E-state index contributed by atoms with van der Waals surface area (Å²) in [7, 11) is 1.78. The van der Waals surface area contributed by atoms with Gasteiger partial charge in [0.05, 0.1) is 0 Å². The second-order valence-corrected chi connectivity index (χ2v) is 4.87. The number of carbonyl (C=O) groups excluding carboxylic acids is 1. The fourth-order valence-corrected chi connectivity index (χ4v) is 1.01. The number of hydrogen-bond donors (Lipinski definition) is 0. The first-order valence-corrected chi connectivity index (χ1v) is 5.20. The summed E-state index contributed by atoms with van der Waals surface area (Å²) in [5.74, 6) is 0.521. The highest BCUT2D eigenvalue weighted by Gasteiger charge is 2.20. The van der Waals surface area contributed by atoms with E-state index in [1.807, 2.05) is 20.8 Å². The number of amides is 1. The molecule has 0 fully saturated rings. The molecule has 0 saturated heterocycles. The van der Waals surface area contributed by atoms with Crippen molar-refractivity contribution in [2.45, 2.75) is 46.6 Å². The Morgan fingerprint density at radius 1 is 1.43 bits per heavy atom. The molecule has 0 aliphatic carbocycles. The first-order valence-electron chi connectivity index (χ1n) is 5.20. The van der Waals surface area contributed by atoms with Gasteiger partial charge in [-0.15, -0.1) is 0 Å². The maximum Gasteiger partial charge on any atom is 0.410 e. The molecule has 3 nitrogen and oxygen atoms in total. The topological polar surface area (TPSA) is 29.5 Å². The van der Waals surface area contributed by atoms with Crippen molar-refractivity contribution in [1.29, 1.82) is 0 Å². The molecule has 0 radical (unpaired) electrons. The van der Waals surface area contributed by atoms with Gasteiger partial charge in [-0.05, 0) is 26.7 Å². The minimum atomic E-state index is -0.402. The largest absolute Gasteiger partial charge is 0.444 e. The van der Waals surface area contributed by atoms with Crippen LogP contribution in [0.4, 0.5) is 4.79 Å². The summed E-state index contributed by atoms with van der Waals surface area (Å²) in [4.78, 5) is 13.2. The lowest BCUT2D eigenvalue weighted by atomic mass is 10.1. The quantitative estimate of drug-likeness (QED) is 0.702. The standard InChI is InChI=1S/C11H23NO2/c1-7-9(2)8-12(6)10(13)14-11(3,4)5/h9H,7-8H2,1-6H3/t9-/m0/s1. The van der Waals surface area contributed by atoms with Crippen LogP contribution >= 0.6 is 0 Å². The minimum absolute atomic E-state index is 0.238. The van der Waals surface area contributed by atoms with Crippen LogP contribution in [0.1, 0.15) is 41.0 Å². The highest BCUT2D eigenvalue weighted by molar-refractivity contribution is 5.67. The molecule has 0 heterocycles. The average molecular weight is 201 g/mol. The summed E-state index contributed by atoms with van der Waals surface area (Å²) in [6, 6.07) is 0. The molecule has 0 aromatic rings. The molecule has 0 saturated carbocycles.